The summed E-state index contributed by atoms with van der Waals surface area (Å²) in [5.41, 5.74) is 4.04. The lowest BCUT2D eigenvalue weighted by Gasteiger charge is -2.34. The van der Waals surface area contributed by atoms with E-state index in [-0.39, 0.29) is 6.10 Å². The normalized spacial score (nSPS) is 17.6. The van der Waals surface area contributed by atoms with E-state index in [9.17, 15) is 4.79 Å². The Bertz CT molecular complexity index is 1530. The van der Waals surface area contributed by atoms with Crippen LogP contribution >= 0.6 is 11.6 Å². The summed E-state index contributed by atoms with van der Waals surface area (Å²) in [6.07, 6.45) is 9.88. The second-order valence-electron chi connectivity index (χ2n) is 10.4. The number of para-hydroxylation sites is 1. The smallest absolute Gasteiger partial charge is 0.328 e. The van der Waals surface area contributed by atoms with Crippen LogP contribution in [0.4, 0.5) is 0 Å². The molecule has 41 heavy (non-hydrogen) atoms. The zero-order valence-electron chi connectivity index (χ0n) is 22.5. The average molecular weight is 571 g/mol. The van der Waals surface area contributed by atoms with Crippen molar-refractivity contribution in [1.29, 1.82) is 0 Å². The molecule has 2 aliphatic heterocycles. The van der Waals surface area contributed by atoms with E-state index in [1.807, 2.05) is 48.7 Å². The average Bonchev–Trinajstić information content (AvgIpc) is 3.37. The van der Waals surface area contributed by atoms with Gasteiger partial charge in [0.1, 0.15) is 12.4 Å². The van der Waals surface area contributed by atoms with Gasteiger partial charge in [-0.05, 0) is 73.3 Å². The summed E-state index contributed by atoms with van der Waals surface area (Å²) in [5.74, 6) is 1.94. The fourth-order valence-corrected chi connectivity index (χ4v) is 5.72. The van der Waals surface area contributed by atoms with E-state index in [2.05, 4.69) is 31.6 Å². The van der Waals surface area contributed by atoms with Crippen LogP contribution in [0.15, 0.2) is 79.3 Å². The van der Waals surface area contributed by atoms with Gasteiger partial charge in [0.15, 0.2) is 17.6 Å². The lowest BCUT2D eigenvalue weighted by Crippen LogP contribution is -2.34. The topological polar surface area (TPSA) is 89.7 Å². The molecular weight excluding hydrogens is 540 g/mol. The summed E-state index contributed by atoms with van der Waals surface area (Å²) < 4.78 is 14.7. The summed E-state index contributed by atoms with van der Waals surface area (Å²) in [6, 6.07) is 17.8. The fourth-order valence-electron chi connectivity index (χ4n) is 5.59. The number of piperidine rings is 1. The highest BCUT2D eigenvalue weighted by Gasteiger charge is 2.29. The van der Waals surface area contributed by atoms with Gasteiger partial charge in [-0.1, -0.05) is 41.9 Å². The number of likely N-dealkylation sites (tertiary alicyclic amines) is 1. The van der Waals surface area contributed by atoms with Gasteiger partial charge in [0.25, 0.3) is 0 Å². The molecule has 0 aliphatic carbocycles. The van der Waals surface area contributed by atoms with Crippen molar-refractivity contribution in [3.63, 3.8) is 0 Å². The molecule has 1 saturated heterocycles. The molecule has 4 aromatic rings. The number of fused-ring (bicyclic) bond motifs is 1. The standard InChI is InChI=1S/C32H31ClN4O4/c33-25-8-6-24(7-9-25)29-21-40-32-27(4-1-5-28(32)41-29)23-12-15-36(16-13-23)20-30-35-18-26(10-11-31(38)39)37(30)19-22-3-2-14-34-17-22/h1-11,14,17-18,23,29H,12-13,15-16,19-21H2,(H,38,39)/b11-10+/t29-/m0/s1. The number of aromatic nitrogens is 3. The largest absolute Gasteiger partial charge is 0.485 e. The predicted molar refractivity (Wildman–Crippen MR) is 156 cm³/mol. The lowest BCUT2D eigenvalue weighted by atomic mass is 9.88. The first kappa shape index (κ1) is 27.1. The third kappa shape index (κ3) is 6.29. The van der Waals surface area contributed by atoms with Crippen LogP contribution in [0.25, 0.3) is 6.08 Å². The quantitative estimate of drug-likeness (QED) is 0.261. The number of carbonyl (C=O) groups is 1. The summed E-state index contributed by atoms with van der Waals surface area (Å²) >= 11 is 6.05. The van der Waals surface area contributed by atoms with Crippen molar-refractivity contribution in [1.82, 2.24) is 19.4 Å². The number of carboxylic acid groups (broad SMARTS) is 1. The molecule has 0 bridgehead atoms. The van der Waals surface area contributed by atoms with Crippen molar-refractivity contribution in [2.75, 3.05) is 19.7 Å². The maximum absolute atomic E-state index is 11.1. The molecule has 6 rings (SSSR count). The van der Waals surface area contributed by atoms with E-state index in [1.165, 1.54) is 5.56 Å². The fraction of sp³-hybridized carbons (Fsp3) is 0.281. The van der Waals surface area contributed by atoms with Crippen molar-refractivity contribution in [2.45, 2.75) is 38.0 Å². The van der Waals surface area contributed by atoms with Gasteiger partial charge < -0.3 is 19.1 Å². The first-order valence-corrected chi connectivity index (χ1v) is 14.2. The molecule has 4 heterocycles. The molecule has 0 spiro atoms. The van der Waals surface area contributed by atoms with E-state index in [4.69, 9.17) is 26.2 Å². The Balaban J connectivity index is 1.13. The Kier molecular flexibility index (Phi) is 8.02. The zero-order valence-corrected chi connectivity index (χ0v) is 23.3. The van der Waals surface area contributed by atoms with Crippen LogP contribution in [0.3, 0.4) is 0 Å². The molecule has 1 N–H and O–H groups in total. The van der Waals surface area contributed by atoms with Crippen LogP contribution < -0.4 is 9.47 Å². The van der Waals surface area contributed by atoms with Gasteiger partial charge in [-0.25, -0.2) is 9.78 Å². The number of carboxylic acids is 1. The molecule has 0 amide bonds. The summed E-state index contributed by atoms with van der Waals surface area (Å²) in [4.78, 5) is 22.4. The first-order chi connectivity index (χ1) is 20.0. The number of ether oxygens (including phenoxy) is 2. The number of halogens is 1. The van der Waals surface area contributed by atoms with Gasteiger partial charge in [-0.15, -0.1) is 0 Å². The van der Waals surface area contributed by atoms with Gasteiger partial charge in [0, 0.05) is 29.1 Å². The number of rotatable bonds is 8. The second-order valence-corrected chi connectivity index (χ2v) is 10.8. The third-order valence-corrected chi connectivity index (χ3v) is 7.97. The van der Waals surface area contributed by atoms with Crippen molar-refractivity contribution in [3.05, 3.63) is 112 Å². The molecule has 2 aromatic carbocycles. The van der Waals surface area contributed by atoms with E-state index >= 15 is 0 Å². The van der Waals surface area contributed by atoms with Crippen LogP contribution in [0.5, 0.6) is 11.5 Å². The molecule has 210 valence electrons. The van der Waals surface area contributed by atoms with Crippen LogP contribution in [0.2, 0.25) is 5.02 Å². The van der Waals surface area contributed by atoms with Crippen molar-refractivity contribution >= 4 is 23.6 Å². The third-order valence-electron chi connectivity index (χ3n) is 7.72. The van der Waals surface area contributed by atoms with Crippen LogP contribution in [-0.2, 0) is 17.9 Å². The summed E-state index contributed by atoms with van der Waals surface area (Å²) in [5, 5.41) is 9.84. The highest BCUT2D eigenvalue weighted by atomic mass is 35.5. The molecule has 0 radical (unpaired) electrons. The maximum atomic E-state index is 11.1. The molecule has 2 aromatic heterocycles. The number of aliphatic carboxylic acids is 1. The van der Waals surface area contributed by atoms with Crippen molar-refractivity contribution < 1.29 is 19.4 Å². The highest BCUT2D eigenvalue weighted by molar-refractivity contribution is 6.30. The van der Waals surface area contributed by atoms with E-state index in [1.54, 1.807) is 18.5 Å². The van der Waals surface area contributed by atoms with Crippen LogP contribution in [0.1, 0.15) is 53.1 Å². The number of pyridine rings is 1. The van der Waals surface area contributed by atoms with Crippen molar-refractivity contribution in [3.8, 4) is 11.5 Å². The number of hydrogen-bond acceptors (Lipinski definition) is 6. The molecule has 9 heteroatoms. The minimum atomic E-state index is -0.985. The number of benzene rings is 2. The highest BCUT2D eigenvalue weighted by Crippen LogP contribution is 2.44. The number of nitrogens with zero attached hydrogens (tertiary/aromatic N) is 4. The van der Waals surface area contributed by atoms with Gasteiger partial charge >= 0.3 is 5.97 Å². The molecule has 1 atom stereocenters. The number of hydrogen-bond donors (Lipinski definition) is 1. The van der Waals surface area contributed by atoms with Gasteiger partial charge in [-0.2, -0.15) is 0 Å². The Hall–Kier alpha value is -4.14. The minimum absolute atomic E-state index is 0.164. The Morgan fingerprint density at radius 3 is 2.63 bits per heavy atom. The molecule has 0 unspecified atom stereocenters. The molecule has 0 saturated carbocycles. The van der Waals surface area contributed by atoms with E-state index < -0.39 is 5.97 Å². The monoisotopic (exact) mass is 570 g/mol. The minimum Gasteiger partial charge on any atom is -0.485 e. The van der Waals surface area contributed by atoms with Gasteiger partial charge in [0.05, 0.1) is 25.0 Å². The molecule has 1 fully saturated rings. The zero-order chi connectivity index (χ0) is 28.2. The second kappa shape index (κ2) is 12.2. The SMILES string of the molecule is O=C(O)/C=C/c1cnc(CN2CCC(c3cccc4c3OC[C@@H](c3ccc(Cl)cc3)O4)CC2)n1Cc1cccnc1. The van der Waals surface area contributed by atoms with E-state index in [0.717, 1.165) is 66.2 Å². The molecule has 2 aliphatic rings. The Morgan fingerprint density at radius 1 is 1.05 bits per heavy atom. The Labute approximate surface area is 243 Å². The lowest BCUT2D eigenvalue weighted by molar-refractivity contribution is -0.131. The summed E-state index contributed by atoms with van der Waals surface area (Å²) in [6.45, 7) is 3.56. The first-order valence-electron chi connectivity index (χ1n) is 13.8. The number of imidazole rings is 1. The molecular formula is C32H31ClN4O4. The summed E-state index contributed by atoms with van der Waals surface area (Å²) in [7, 11) is 0. The van der Waals surface area contributed by atoms with E-state index in [0.29, 0.717) is 30.6 Å². The predicted octanol–water partition coefficient (Wildman–Crippen LogP) is 5.97. The Morgan fingerprint density at radius 2 is 1.88 bits per heavy atom. The van der Waals surface area contributed by atoms with Gasteiger partial charge in [0.2, 0.25) is 0 Å². The van der Waals surface area contributed by atoms with Crippen molar-refractivity contribution in [2.24, 2.45) is 0 Å². The maximum Gasteiger partial charge on any atom is 0.328 e. The van der Waals surface area contributed by atoms with Gasteiger partial charge in [-0.3, -0.25) is 9.88 Å². The van der Waals surface area contributed by atoms with Crippen LogP contribution in [-0.4, -0.2) is 50.2 Å². The van der Waals surface area contributed by atoms with Crippen LogP contribution in [0, 0.1) is 0 Å². The molecule has 8 nitrogen and oxygen atoms in total.